The van der Waals surface area contributed by atoms with Crippen molar-refractivity contribution in [1.29, 1.82) is 0 Å². The van der Waals surface area contributed by atoms with E-state index in [1.807, 2.05) is 18.2 Å². The Morgan fingerprint density at radius 1 is 1.37 bits per heavy atom. The number of hydrogen-bond acceptors (Lipinski definition) is 2. The quantitative estimate of drug-likeness (QED) is 0.808. The predicted octanol–water partition coefficient (Wildman–Crippen LogP) is 3.15. The van der Waals surface area contributed by atoms with Gasteiger partial charge in [-0.15, -0.1) is 0 Å². The van der Waals surface area contributed by atoms with Crippen LogP contribution in [0.15, 0.2) is 42.6 Å². The second kappa shape index (κ2) is 5.80. The molecule has 1 aromatic carbocycles. The van der Waals surface area contributed by atoms with Crippen molar-refractivity contribution in [2.45, 2.75) is 6.54 Å². The van der Waals surface area contributed by atoms with Crippen molar-refractivity contribution in [3.63, 3.8) is 0 Å². The molecule has 0 atom stereocenters. The highest BCUT2D eigenvalue weighted by molar-refractivity contribution is 6.31. The Bertz CT molecular complexity index is 604. The van der Waals surface area contributed by atoms with E-state index in [1.54, 1.807) is 13.1 Å². The van der Waals surface area contributed by atoms with Crippen molar-refractivity contribution in [3.05, 3.63) is 64.7 Å². The van der Waals surface area contributed by atoms with E-state index in [-0.39, 0.29) is 11.5 Å². The van der Waals surface area contributed by atoms with Crippen LogP contribution in [0.3, 0.4) is 0 Å². The van der Waals surface area contributed by atoms with Crippen LogP contribution in [0.5, 0.6) is 0 Å². The van der Waals surface area contributed by atoms with Gasteiger partial charge in [0.15, 0.2) is 0 Å². The second-order valence-corrected chi connectivity index (χ2v) is 4.53. The maximum Gasteiger partial charge on any atom is 0.254 e. The third-order valence-electron chi connectivity index (χ3n) is 2.69. The minimum absolute atomic E-state index is 0.266. The smallest absolute Gasteiger partial charge is 0.254 e. The van der Waals surface area contributed by atoms with E-state index in [1.165, 1.54) is 17.2 Å². The molecule has 2 rings (SSSR count). The van der Waals surface area contributed by atoms with Crippen molar-refractivity contribution in [2.75, 3.05) is 7.05 Å². The zero-order valence-electron chi connectivity index (χ0n) is 10.3. The van der Waals surface area contributed by atoms with Crippen molar-refractivity contribution in [2.24, 2.45) is 0 Å². The van der Waals surface area contributed by atoms with Crippen LogP contribution in [0.4, 0.5) is 4.39 Å². The molecule has 2 aromatic rings. The first-order valence-corrected chi connectivity index (χ1v) is 6.06. The molecule has 0 bridgehead atoms. The van der Waals surface area contributed by atoms with Gasteiger partial charge in [0, 0.05) is 36.4 Å². The highest BCUT2D eigenvalue weighted by atomic mass is 35.5. The minimum Gasteiger partial charge on any atom is -0.337 e. The molecule has 1 amide bonds. The number of carbonyl (C=O) groups is 1. The number of benzene rings is 1. The number of nitrogens with zero attached hydrogens (tertiary/aromatic N) is 2. The van der Waals surface area contributed by atoms with E-state index >= 15 is 0 Å². The van der Waals surface area contributed by atoms with Crippen molar-refractivity contribution >= 4 is 17.5 Å². The first-order valence-electron chi connectivity index (χ1n) is 5.68. The lowest BCUT2D eigenvalue weighted by Crippen LogP contribution is -2.26. The molecule has 0 radical (unpaired) electrons. The van der Waals surface area contributed by atoms with Crippen LogP contribution in [0.2, 0.25) is 5.02 Å². The summed E-state index contributed by atoms with van der Waals surface area (Å²) in [6.45, 7) is 0.364. The normalized spacial score (nSPS) is 10.3. The van der Waals surface area contributed by atoms with Crippen molar-refractivity contribution < 1.29 is 9.18 Å². The molecule has 0 aliphatic heterocycles. The molecule has 0 N–H and O–H groups in total. The standard InChI is InChI=1S/C14H12ClFN2O/c1-18(9-11-4-2-3-5-12(11)15)14(19)10-6-7-17-13(16)8-10/h2-8H,9H2,1H3. The van der Waals surface area contributed by atoms with E-state index in [2.05, 4.69) is 4.98 Å². The summed E-state index contributed by atoms with van der Waals surface area (Å²) < 4.78 is 13.0. The Kier molecular flexibility index (Phi) is 4.12. The van der Waals surface area contributed by atoms with E-state index in [0.717, 1.165) is 11.6 Å². The molecule has 0 fully saturated rings. The van der Waals surface area contributed by atoms with E-state index in [0.29, 0.717) is 11.6 Å². The van der Waals surface area contributed by atoms with Gasteiger partial charge < -0.3 is 4.90 Å². The van der Waals surface area contributed by atoms with Crippen LogP contribution in [-0.2, 0) is 6.54 Å². The van der Waals surface area contributed by atoms with Crippen LogP contribution in [0.1, 0.15) is 15.9 Å². The Morgan fingerprint density at radius 3 is 2.79 bits per heavy atom. The summed E-state index contributed by atoms with van der Waals surface area (Å²) in [7, 11) is 1.64. The number of carbonyl (C=O) groups excluding carboxylic acids is 1. The maximum absolute atomic E-state index is 13.0. The van der Waals surface area contributed by atoms with Gasteiger partial charge in [0.25, 0.3) is 5.91 Å². The molecule has 0 spiro atoms. The fourth-order valence-electron chi connectivity index (χ4n) is 1.71. The zero-order chi connectivity index (χ0) is 13.8. The molecule has 1 heterocycles. The molecular formula is C14H12ClFN2O. The number of pyridine rings is 1. The lowest BCUT2D eigenvalue weighted by atomic mass is 10.2. The Hall–Kier alpha value is -1.94. The first kappa shape index (κ1) is 13.5. The summed E-state index contributed by atoms with van der Waals surface area (Å²) >= 11 is 6.04. The lowest BCUT2D eigenvalue weighted by Gasteiger charge is -2.18. The minimum atomic E-state index is -0.669. The summed E-state index contributed by atoms with van der Waals surface area (Å²) in [6.07, 6.45) is 1.27. The predicted molar refractivity (Wildman–Crippen MR) is 71.4 cm³/mol. The van der Waals surface area contributed by atoms with Gasteiger partial charge in [0.05, 0.1) is 0 Å². The molecule has 3 nitrogen and oxygen atoms in total. The van der Waals surface area contributed by atoms with Gasteiger partial charge in [-0.05, 0) is 17.7 Å². The summed E-state index contributed by atoms with van der Waals surface area (Å²) in [6, 6.07) is 9.89. The van der Waals surface area contributed by atoms with Crippen LogP contribution in [0.25, 0.3) is 0 Å². The molecule has 19 heavy (non-hydrogen) atoms. The fourth-order valence-corrected chi connectivity index (χ4v) is 1.91. The third-order valence-corrected chi connectivity index (χ3v) is 3.05. The summed E-state index contributed by atoms with van der Waals surface area (Å²) in [4.78, 5) is 17.0. The average Bonchev–Trinajstić information content (AvgIpc) is 2.40. The van der Waals surface area contributed by atoms with E-state index < -0.39 is 5.95 Å². The molecule has 98 valence electrons. The van der Waals surface area contributed by atoms with Crippen molar-refractivity contribution in [1.82, 2.24) is 9.88 Å². The number of aromatic nitrogens is 1. The number of halogens is 2. The average molecular weight is 279 g/mol. The maximum atomic E-state index is 13.0. The summed E-state index contributed by atoms with van der Waals surface area (Å²) in [5.74, 6) is -0.946. The van der Waals surface area contributed by atoms with Gasteiger partial charge in [0.2, 0.25) is 5.95 Å². The molecular weight excluding hydrogens is 267 g/mol. The summed E-state index contributed by atoms with van der Waals surface area (Å²) in [5, 5.41) is 0.600. The molecule has 1 aromatic heterocycles. The van der Waals surface area contributed by atoms with Gasteiger partial charge in [-0.3, -0.25) is 4.79 Å². The van der Waals surface area contributed by atoms with Gasteiger partial charge in [-0.1, -0.05) is 29.8 Å². The van der Waals surface area contributed by atoms with Crippen LogP contribution < -0.4 is 0 Å². The number of rotatable bonds is 3. The fraction of sp³-hybridized carbons (Fsp3) is 0.143. The first-order chi connectivity index (χ1) is 9.08. The summed E-state index contributed by atoms with van der Waals surface area (Å²) in [5.41, 5.74) is 1.11. The highest BCUT2D eigenvalue weighted by Crippen LogP contribution is 2.17. The molecule has 0 aliphatic carbocycles. The van der Waals surface area contributed by atoms with Gasteiger partial charge >= 0.3 is 0 Å². The monoisotopic (exact) mass is 278 g/mol. The second-order valence-electron chi connectivity index (χ2n) is 4.12. The van der Waals surface area contributed by atoms with Gasteiger partial charge in [-0.25, -0.2) is 4.98 Å². The van der Waals surface area contributed by atoms with Gasteiger partial charge in [0.1, 0.15) is 0 Å². The Balaban J connectivity index is 2.14. The molecule has 0 unspecified atom stereocenters. The molecule has 0 saturated carbocycles. The third kappa shape index (κ3) is 3.29. The Labute approximate surface area is 115 Å². The van der Waals surface area contributed by atoms with Crippen molar-refractivity contribution in [3.8, 4) is 0 Å². The molecule has 0 saturated heterocycles. The molecule has 5 heteroatoms. The zero-order valence-corrected chi connectivity index (χ0v) is 11.1. The van der Waals surface area contributed by atoms with Crippen LogP contribution >= 0.6 is 11.6 Å². The highest BCUT2D eigenvalue weighted by Gasteiger charge is 2.13. The van der Waals surface area contributed by atoms with E-state index in [9.17, 15) is 9.18 Å². The lowest BCUT2D eigenvalue weighted by molar-refractivity contribution is 0.0784. The van der Waals surface area contributed by atoms with Crippen LogP contribution in [0, 0.1) is 5.95 Å². The topological polar surface area (TPSA) is 33.2 Å². The van der Waals surface area contributed by atoms with Crippen LogP contribution in [-0.4, -0.2) is 22.8 Å². The van der Waals surface area contributed by atoms with Gasteiger partial charge in [-0.2, -0.15) is 4.39 Å². The number of hydrogen-bond donors (Lipinski definition) is 0. The Morgan fingerprint density at radius 2 is 2.11 bits per heavy atom. The largest absolute Gasteiger partial charge is 0.337 e. The van der Waals surface area contributed by atoms with E-state index in [4.69, 9.17) is 11.6 Å². The SMILES string of the molecule is CN(Cc1ccccc1Cl)C(=O)c1ccnc(F)c1. The molecule has 0 aliphatic rings. The number of amides is 1.